The van der Waals surface area contributed by atoms with Crippen LogP contribution in [0.2, 0.25) is 0 Å². The summed E-state index contributed by atoms with van der Waals surface area (Å²) >= 11 is 0. The molecule has 4 rings (SSSR count). The van der Waals surface area contributed by atoms with Crippen LogP contribution in [0.1, 0.15) is 60.0 Å². The van der Waals surface area contributed by atoms with Gasteiger partial charge in [0.1, 0.15) is 5.75 Å². The predicted octanol–water partition coefficient (Wildman–Crippen LogP) is 4.55. The molecule has 7 nitrogen and oxygen atoms in total. The van der Waals surface area contributed by atoms with Crippen molar-refractivity contribution in [1.82, 2.24) is 20.4 Å². The zero-order chi connectivity index (χ0) is 24.7. The molecule has 0 bridgehead atoms. The van der Waals surface area contributed by atoms with Gasteiger partial charge in [-0.05, 0) is 62.9 Å². The minimum absolute atomic E-state index is 0.0166. The maximum absolute atomic E-state index is 11.5. The van der Waals surface area contributed by atoms with Crippen molar-refractivity contribution in [3.63, 3.8) is 0 Å². The van der Waals surface area contributed by atoms with Gasteiger partial charge >= 0.3 is 0 Å². The lowest BCUT2D eigenvalue weighted by atomic mass is 10.0. The zero-order valence-electron chi connectivity index (χ0n) is 20.5. The van der Waals surface area contributed by atoms with Crippen molar-refractivity contribution in [2.24, 2.45) is 0 Å². The fourth-order valence-electron chi connectivity index (χ4n) is 3.63. The highest BCUT2D eigenvalue weighted by molar-refractivity contribution is 5.32. The Bertz CT molecular complexity index is 1290. The van der Waals surface area contributed by atoms with Crippen LogP contribution in [0.4, 0.5) is 0 Å². The third-order valence-corrected chi connectivity index (χ3v) is 5.67. The number of rotatable bonds is 7. The summed E-state index contributed by atoms with van der Waals surface area (Å²) in [7, 11) is 0. The summed E-state index contributed by atoms with van der Waals surface area (Å²) in [6.07, 6.45) is 2.54. The van der Waals surface area contributed by atoms with Gasteiger partial charge in [-0.3, -0.25) is 19.8 Å². The molecule has 34 heavy (non-hydrogen) atoms. The molecule has 0 fully saturated rings. The highest BCUT2D eigenvalue weighted by Crippen LogP contribution is 2.16. The van der Waals surface area contributed by atoms with Gasteiger partial charge in [0.15, 0.2) is 0 Å². The van der Waals surface area contributed by atoms with Crippen LogP contribution in [-0.4, -0.2) is 26.5 Å². The normalized spacial score (nSPS) is 10.8. The highest BCUT2D eigenvalue weighted by Gasteiger charge is 2.08. The maximum atomic E-state index is 11.5. The molecular weight excluding hydrogens is 428 g/mol. The molecule has 0 aliphatic rings. The van der Waals surface area contributed by atoms with Crippen molar-refractivity contribution in [3.8, 4) is 5.75 Å². The second kappa shape index (κ2) is 11.4. The number of aromatic amines is 4. The SMILES string of the molecule is CCc1ccc(Cc2c(C)[nH][nH]c2=O)cc1.Cc1[nH][nH]c(=O)c1Cc1ccc(OC(C)C)cc1. The second-order valence-electron chi connectivity index (χ2n) is 8.70. The first-order chi connectivity index (χ1) is 16.3. The zero-order valence-corrected chi connectivity index (χ0v) is 20.5. The fourth-order valence-corrected chi connectivity index (χ4v) is 3.63. The molecule has 0 spiro atoms. The Morgan fingerprint density at radius 3 is 1.44 bits per heavy atom. The number of hydrogen-bond donors (Lipinski definition) is 4. The summed E-state index contributed by atoms with van der Waals surface area (Å²) in [5.74, 6) is 0.855. The van der Waals surface area contributed by atoms with E-state index in [2.05, 4.69) is 51.6 Å². The van der Waals surface area contributed by atoms with E-state index in [-0.39, 0.29) is 17.2 Å². The van der Waals surface area contributed by atoms with Gasteiger partial charge in [0.2, 0.25) is 0 Å². The predicted molar refractivity (Wildman–Crippen MR) is 136 cm³/mol. The van der Waals surface area contributed by atoms with Crippen molar-refractivity contribution >= 4 is 0 Å². The number of ether oxygens (including phenoxy) is 1. The largest absolute Gasteiger partial charge is 0.491 e. The van der Waals surface area contributed by atoms with E-state index in [1.807, 2.05) is 52.0 Å². The molecule has 4 aromatic rings. The van der Waals surface area contributed by atoms with Crippen LogP contribution in [0.25, 0.3) is 0 Å². The number of nitrogens with one attached hydrogen (secondary N) is 4. The summed E-state index contributed by atoms with van der Waals surface area (Å²) in [5.41, 5.74) is 6.95. The Labute approximate surface area is 199 Å². The van der Waals surface area contributed by atoms with Crippen LogP contribution in [0, 0.1) is 13.8 Å². The molecular formula is C27H34N4O3. The fraction of sp³-hybridized carbons (Fsp3) is 0.333. The van der Waals surface area contributed by atoms with E-state index < -0.39 is 0 Å². The van der Waals surface area contributed by atoms with Crippen LogP contribution < -0.4 is 15.9 Å². The number of aryl methyl sites for hydroxylation is 3. The molecule has 2 heterocycles. The van der Waals surface area contributed by atoms with Crippen LogP contribution in [0.15, 0.2) is 58.1 Å². The van der Waals surface area contributed by atoms with Gasteiger partial charge in [0, 0.05) is 35.4 Å². The average Bonchev–Trinajstić information content (AvgIpc) is 3.31. The van der Waals surface area contributed by atoms with E-state index in [0.29, 0.717) is 12.8 Å². The van der Waals surface area contributed by atoms with E-state index in [9.17, 15) is 9.59 Å². The lowest BCUT2D eigenvalue weighted by molar-refractivity contribution is 0.242. The Kier molecular flexibility index (Phi) is 8.35. The van der Waals surface area contributed by atoms with Gasteiger partial charge < -0.3 is 14.9 Å². The molecule has 0 atom stereocenters. The minimum atomic E-state index is -0.0463. The van der Waals surface area contributed by atoms with Gasteiger partial charge in [-0.25, -0.2) is 0 Å². The first-order valence-corrected chi connectivity index (χ1v) is 11.6. The Balaban J connectivity index is 0.000000192. The van der Waals surface area contributed by atoms with Gasteiger partial charge in [-0.15, -0.1) is 0 Å². The van der Waals surface area contributed by atoms with E-state index in [4.69, 9.17) is 4.74 Å². The molecule has 2 aromatic carbocycles. The molecule has 0 saturated carbocycles. The molecule has 0 saturated heterocycles. The van der Waals surface area contributed by atoms with Gasteiger partial charge in [-0.1, -0.05) is 43.3 Å². The summed E-state index contributed by atoms with van der Waals surface area (Å²) in [6, 6.07) is 16.3. The molecule has 0 unspecified atom stereocenters. The molecule has 4 N–H and O–H groups in total. The maximum Gasteiger partial charge on any atom is 0.267 e. The van der Waals surface area contributed by atoms with Crippen molar-refractivity contribution in [3.05, 3.63) is 108 Å². The quantitative estimate of drug-likeness (QED) is 0.324. The summed E-state index contributed by atoms with van der Waals surface area (Å²) in [6.45, 7) is 9.93. The van der Waals surface area contributed by atoms with Crippen molar-refractivity contribution < 1.29 is 4.74 Å². The Morgan fingerprint density at radius 1 is 0.676 bits per heavy atom. The average molecular weight is 463 g/mol. The summed E-state index contributed by atoms with van der Waals surface area (Å²) in [4.78, 5) is 23.0. The highest BCUT2D eigenvalue weighted by atomic mass is 16.5. The van der Waals surface area contributed by atoms with E-state index in [1.165, 1.54) is 11.1 Å². The number of aromatic nitrogens is 4. The lowest BCUT2D eigenvalue weighted by Crippen LogP contribution is -2.07. The van der Waals surface area contributed by atoms with Crippen LogP contribution in [0.5, 0.6) is 5.75 Å². The minimum Gasteiger partial charge on any atom is -0.491 e. The van der Waals surface area contributed by atoms with Crippen molar-refractivity contribution in [2.45, 2.75) is 60.0 Å². The first-order valence-electron chi connectivity index (χ1n) is 11.6. The monoisotopic (exact) mass is 462 g/mol. The molecule has 2 aromatic heterocycles. The standard InChI is InChI=1S/C14H18N2O2.C13H16N2O/c1-9(2)18-12-6-4-11(5-7-12)8-13-10(3)15-16-14(13)17;1-3-10-4-6-11(7-5-10)8-12-9(2)14-15-13(12)16/h4-7,9H,8H2,1-3H3,(H2,15,16,17);4-7H,3,8H2,1-2H3,(H2,14,15,16). The third-order valence-electron chi connectivity index (χ3n) is 5.67. The van der Waals surface area contributed by atoms with Gasteiger partial charge in [0.05, 0.1) is 6.10 Å². The van der Waals surface area contributed by atoms with Crippen LogP contribution in [-0.2, 0) is 19.3 Å². The molecule has 7 heteroatoms. The Morgan fingerprint density at radius 2 is 1.09 bits per heavy atom. The van der Waals surface area contributed by atoms with Crippen LogP contribution in [0.3, 0.4) is 0 Å². The smallest absolute Gasteiger partial charge is 0.267 e. The van der Waals surface area contributed by atoms with Gasteiger partial charge in [0.25, 0.3) is 11.1 Å². The van der Waals surface area contributed by atoms with Gasteiger partial charge in [-0.2, -0.15) is 0 Å². The van der Waals surface area contributed by atoms with E-state index in [1.54, 1.807) is 0 Å². The molecule has 0 aliphatic carbocycles. The third kappa shape index (κ3) is 6.63. The molecule has 0 aliphatic heterocycles. The lowest BCUT2D eigenvalue weighted by Gasteiger charge is -2.09. The van der Waals surface area contributed by atoms with Crippen molar-refractivity contribution in [2.75, 3.05) is 0 Å². The van der Waals surface area contributed by atoms with Crippen LogP contribution >= 0.6 is 0 Å². The van der Waals surface area contributed by atoms with E-state index >= 15 is 0 Å². The van der Waals surface area contributed by atoms with E-state index in [0.717, 1.165) is 40.2 Å². The molecule has 0 amide bonds. The number of hydrogen-bond acceptors (Lipinski definition) is 3. The topological polar surface area (TPSA) is 107 Å². The first kappa shape index (κ1) is 24.9. The van der Waals surface area contributed by atoms with Crippen molar-refractivity contribution in [1.29, 1.82) is 0 Å². The molecule has 0 radical (unpaired) electrons. The summed E-state index contributed by atoms with van der Waals surface area (Å²) < 4.78 is 5.58. The number of H-pyrrole nitrogens is 4. The number of benzene rings is 2. The second-order valence-corrected chi connectivity index (χ2v) is 8.70. The molecule has 180 valence electrons. The Hall–Kier alpha value is -3.74. The summed E-state index contributed by atoms with van der Waals surface area (Å²) in [5, 5.41) is 10.9.